The molecule has 160 valence electrons. The monoisotopic (exact) mass is 419 g/mol. The standard InChI is InChI=1S/C24H25N3O4/c1-14-10-11-21(25)27-22(14)23(29)20(28)12-26-24(30)31-13-19-17-8-4-2-6-15(17)16-7-3-5-9-18(16)19/h2-11,19-20,23,28-29H,12-13H2,1H3,(H2,25,27)(H,26,30). The number of nitrogens with one attached hydrogen (secondary N) is 1. The van der Waals surface area contributed by atoms with E-state index in [1.807, 2.05) is 36.4 Å². The second-order valence-electron chi connectivity index (χ2n) is 7.66. The highest BCUT2D eigenvalue weighted by atomic mass is 16.5. The van der Waals surface area contributed by atoms with Gasteiger partial charge in [-0.2, -0.15) is 0 Å². The van der Waals surface area contributed by atoms with E-state index >= 15 is 0 Å². The van der Waals surface area contributed by atoms with Gasteiger partial charge >= 0.3 is 6.09 Å². The molecular formula is C24H25N3O4. The Morgan fingerprint density at radius 2 is 1.68 bits per heavy atom. The number of benzene rings is 2. The fraction of sp³-hybridized carbons (Fsp3) is 0.250. The average molecular weight is 419 g/mol. The van der Waals surface area contributed by atoms with Crippen LogP contribution in [0.25, 0.3) is 11.1 Å². The number of aliphatic hydroxyl groups is 2. The van der Waals surface area contributed by atoms with Crippen LogP contribution in [0, 0.1) is 6.92 Å². The number of carbonyl (C=O) groups is 1. The normalized spacial score (nSPS) is 14.4. The van der Waals surface area contributed by atoms with Crippen molar-refractivity contribution in [2.75, 3.05) is 18.9 Å². The lowest BCUT2D eigenvalue weighted by Gasteiger charge is -2.20. The van der Waals surface area contributed by atoms with Crippen LogP contribution in [-0.2, 0) is 4.74 Å². The van der Waals surface area contributed by atoms with Gasteiger partial charge in [0.2, 0.25) is 0 Å². The van der Waals surface area contributed by atoms with Crippen LogP contribution in [0.5, 0.6) is 0 Å². The molecule has 1 aromatic heterocycles. The number of fused-ring (bicyclic) bond motifs is 3. The summed E-state index contributed by atoms with van der Waals surface area (Å²) in [6, 6.07) is 19.5. The van der Waals surface area contributed by atoms with Crippen LogP contribution in [-0.4, -0.2) is 40.5 Å². The molecule has 0 saturated heterocycles. The summed E-state index contributed by atoms with van der Waals surface area (Å²) in [6.45, 7) is 1.75. The predicted octanol–water partition coefficient (Wildman–Crippen LogP) is 2.91. The van der Waals surface area contributed by atoms with Gasteiger partial charge in [0.25, 0.3) is 0 Å². The van der Waals surface area contributed by atoms with E-state index in [0.29, 0.717) is 5.56 Å². The zero-order valence-electron chi connectivity index (χ0n) is 17.2. The molecule has 0 aliphatic heterocycles. The van der Waals surface area contributed by atoms with E-state index in [1.54, 1.807) is 19.1 Å². The van der Waals surface area contributed by atoms with Crippen LogP contribution in [0.2, 0.25) is 0 Å². The maximum atomic E-state index is 12.2. The molecule has 0 fully saturated rings. The number of aliphatic hydroxyl groups excluding tert-OH is 2. The maximum absolute atomic E-state index is 12.2. The van der Waals surface area contributed by atoms with Crippen molar-refractivity contribution < 1.29 is 19.7 Å². The van der Waals surface area contributed by atoms with Crippen LogP contribution in [0.4, 0.5) is 10.6 Å². The van der Waals surface area contributed by atoms with Gasteiger partial charge in [0.1, 0.15) is 24.6 Å². The van der Waals surface area contributed by atoms with E-state index in [2.05, 4.69) is 22.4 Å². The van der Waals surface area contributed by atoms with E-state index in [9.17, 15) is 15.0 Å². The van der Waals surface area contributed by atoms with E-state index in [-0.39, 0.29) is 30.6 Å². The molecule has 1 aliphatic rings. The fourth-order valence-corrected chi connectivity index (χ4v) is 3.99. The smallest absolute Gasteiger partial charge is 0.407 e. The molecule has 4 rings (SSSR count). The number of nitrogen functional groups attached to an aromatic ring is 1. The van der Waals surface area contributed by atoms with Crippen LogP contribution in [0.3, 0.4) is 0 Å². The molecule has 0 spiro atoms. The minimum atomic E-state index is -1.28. The summed E-state index contributed by atoms with van der Waals surface area (Å²) in [7, 11) is 0. The van der Waals surface area contributed by atoms with Crippen LogP contribution >= 0.6 is 0 Å². The quantitative estimate of drug-likeness (QED) is 0.488. The largest absolute Gasteiger partial charge is 0.449 e. The minimum Gasteiger partial charge on any atom is -0.449 e. The van der Waals surface area contributed by atoms with E-state index in [0.717, 1.165) is 22.3 Å². The zero-order valence-corrected chi connectivity index (χ0v) is 17.2. The number of nitrogens with zero attached hydrogens (tertiary/aromatic N) is 1. The molecule has 0 saturated carbocycles. The van der Waals surface area contributed by atoms with Gasteiger partial charge < -0.3 is 26.0 Å². The molecule has 2 unspecified atom stereocenters. The number of aryl methyl sites for hydroxylation is 1. The predicted molar refractivity (Wildman–Crippen MR) is 117 cm³/mol. The van der Waals surface area contributed by atoms with Crippen LogP contribution < -0.4 is 11.1 Å². The third-order valence-electron chi connectivity index (χ3n) is 5.60. The van der Waals surface area contributed by atoms with Gasteiger partial charge in [-0.1, -0.05) is 54.6 Å². The lowest BCUT2D eigenvalue weighted by atomic mass is 9.98. The highest BCUT2D eigenvalue weighted by Crippen LogP contribution is 2.44. The van der Waals surface area contributed by atoms with Crippen molar-refractivity contribution in [2.24, 2.45) is 0 Å². The maximum Gasteiger partial charge on any atom is 0.407 e. The number of hydrogen-bond acceptors (Lipinski definition) is 6. The van der Waals surface area contributed by atoms with Crippen molar-refractivity contribution in [1.29, 1.82) is 0 Å². The summed E-state index contributed by atoms with van der Waals surface area (Å²) in [5.41, 5.74) is 11.2. The Balaban J connectivity index is 1.35. The molecule has 1 aliphatic carbocycles. The van der Waals surface area contributed by atoms with Crippen LogP contribution in [0.1, 0.15) is 34.4 Å². The molecule has 7 heteroatoms. The Morgan fingerprint density at radius 3 is 2.32 bits per heavy atom. The lowest BCUT2D eigenvalue weighted by molar-refractivity contribution is 0.0158. The summed E-state index contributed by atoms with van der Waals surface area (Å²) in [5.74, 6) is 0.198. The van der Waals surface area contributed by atoms with Gasteiger partial charge in [0.15, 0.2) is 0 Å². The molecule has 2 atom stereocenters. The number of carbonyl (C=O) groups excluding carboxylic acids is 1. The zero-order chi connectivity index (χ0) is 22.0. The molecular weight excluding hydrogens is 394 g/mol. The highest BCUT2D eigenvalue weighted by Gasteiger charge is 2.29. The molecule has 7 nitrogen and oxygen atoms in total. The highest BCUT2D eigenvalue weighted by molar-refractivity contribution is 5.79. The number of hydrogen-bond donors (Lipinski definition) is 4. The molecule has 2 aromatic carbocycles. The number of rotatable bonds is 6. The first-order chi connectivity index (χ1) is 15.0. The first-order valence-electron chi connectivity index (χ1n) is 10.1. The topological polar surface area (TPSA) is 118 Å². The summed E-state index contributed by atoms with van der Waals surface area (Å²) < 4.78 is 5.44. The Kier molecular flexibility index (Phi) is 5.88. The molecule has 5 N–H and O–H groups in total. The number of ether oxygens (including phenoxy) is 1. The van der Waals surface area contributed by atoms with Gasteiger partial charge in [-0.25, -0.2) is 9.78 Å². The lowest BCUT2D eigenvalue weighted by Crippen LogP contribution is -2.36. The average Bonchev–Trinajstić information content (AvgIpc) is 3.11. The molecule has 0 radical (unpaired) electrons. The Morgan fingerprint density at radius 1 is 1.06 bits per heavy atom. The summed E-state index contributed by atoms with van der Waals surface area (Å²) in [6.07, 6.45) is -3.20. The summed E-state index contributed by atoms with van der Waals surface area (Å²) in [5, 5.41) is 23.2. The third kappa shape index (κ3) is 4.23. The number of aromatic nitrogens is 1. The van der Waals surface area contributed by atoms with Crippen LogP contribution in [0.15, 0.2) is 60.7 Å². The number of anilines is 1. The van der Waals surface area contributed by atoms with Crippen molar-refractivity contribution in [3.63, 3.8) is 0 Å². The van der Waals surface area contributed by atoms with Gasteiger partial charge in [-0.05, 0) is 40.8 Å². The fourth-order valence-electron chi connectivity index (χ4n) is 3.99. The van der Waals surface area contributed by atoms with Crippen molar-refractivity contribution in [3.8, 4) is 11.1 Å². The molecule has 1 amide bonds. The van der Waals surface area contributed by atoms with Crippen molar-refractivity contribution >= 4 is 11.9 Å². The Labute approximate surface area is 180 Å². The molecule has 1 heterocycles. The third-order valence-corrected chi connectivity index (χ3v) is 5.60. The first-order valence-corrected chi connectivity index (χ1v) is 10.1. The number of pyridine rings is 1. The van der Waals surface area contributed by atoms with Crippen molar-refractivity contribution in [1.82, 2.24) is 10.3 Å². The van der Waals surface area contributed by atoms with Gasteiger partial charge in [-0.3, -0.25) is 0 Å². The number of amides is 1. The van der Waals surface area contributed by atoms with Crippen molar-refractivity contribution in [3.05, 3.63) is 83.0 Å². The van der Waals surface area contributed by atoms with Gasteiger partial charge in [0.05, 0.1) is 5.69 Å². The second kappa shape index (κ2) is 8.75. The Hall–Kier alpha value is -3.42. The molecule has 0 bridgehead atoms. The Bertz CT molecular complexity index is 1060. The van der Waals surface area contributed by atoms with Gasteiger partial charge in [-0.15, -0.1) is 0 Å². The second-order valence-corrected chi connectivity index (χ2v) is 7.66. The SMILES string of the molecule is Cc1ccc(N)nc1C(O)C(O)CNC(=O)OCC1c2ccccc2-c2ccccc21. The minimum absolute atomic E-state index is 0.0483. The summed E-state index contributed by atoms with van der Waals surface area (Å²) in [4.78, 5) is 16.3. The van der Waals surface area contributed by atoms with E-state index in [4.69, 9.17) is 10.5 Å². The molecule has 31 heavy (non-hydrogen) atoms. The number of nitrogens with two attached hydrogens (primary N) is 1. The first kappa shape index (κ1) is 20.8. The molecule has 3 aromatic rings. The number of alkyl carbamates (subject to hydrolysis) is 1. The van der Waals surface area contributed by atoms with E-state index in [1.165, 1.54) is 0 Å². The van der Waals surface area contributed by atoms with E-state index < -0.39 is 18.3 Å². The van der Waals surface area contributed by atoms with Gasteiger partial charge in [0, 0.05) is 12.5 Å². The summed E-state index contributed by atoms with van der Waals surface area (Å²) >= 11 is 0. The van der Waals surface area contributed by atoms with Crippen molar-refractivity contribution in [2.45, 2.75) is 25.0 Å².